The first-order valence-electron chi connectivity index (χ1n) is 4.83. The van der Waals surface area contributed by atoms with Crippen LogP contribution < -0.4 is 11.1 Å². The quantitative estimate of drug-likeness (QED) is 0.562. The Balaban J connectivity index is 2.57. The first-order chi connectivity index (χ1) is 7.63. The molecule has 0 atom stereocenters. The van der Waals surface area contributed by atoms with Crippen LogP contribution in [0.2, 0.25) is 0 Å². The molecule has 3 N–H and O–H groups in total. The van der Waals surface area contributed by atoms with Crippen molar-refractivity contribution < 1.29 is 9.72 Å². The molecule has 1 rings (SSSR count). The molecular weight excluding hydrogens is 210 g/mol. The lowest BCUT2D eigenvalue weighted by molar-refractivity contribution is -0.384. The lowest BCUT2D eigenvalue weighted by Crippen LogP contribution is -2.24. The van der Waals surface area contributed by atoms with Crippen molar-refractivity contribution >= 4 is 11.6 Å². The van der Waals surface area contributed by atoms with Gasteiger partial charge in [0.15, 0.2) is 0 Å². The number of amides is 1. The zero-order valence-corrected chi connectivity index (χ0v) is 8.68. The number of nitro benzene ring substituents is 1. The van der Waals surface area contributed by atoms with Crippen LogP contribution in [0.25, 0.3) is 0 Å². The molecule has 0 fully saturated rings. The molecule has 0 heterocycles. The molecule has 86 valence electrons. The summed E-state index contributed by atoms with van der Waals surface area (Å²) in [5.74, 6) is -0.158. The standard InChI is InChI=1S/C10H13N3O3/c11-5-4-10(14)12-7-8-2-1-3-9(6-8)13(15)16/h1-3,6H,4-5,7,11H2,(H,12,14). The predicted octanol–water partition coefficient (Wildman–Crippen LogP) is 0.560. The minimum Gasteiger partial charge on any atom is -0.352 e. The Labute approximate surface area is 92.6 Å². The largest absolute Gasteiger partial charge is 0.352 e. The van der Waals surface area contributed by atoms with Crippen LogP contribution in [0.4, 0.5) is 5.69 Å². The van der Waals surface area contributed by atoms with E-state index in [9.17, 15) is 14.9 Å². The Morgan fingerprint density at radius 3 is 2.88 bits per heavy atom. The highest BCUT2D eigenvalue weighted by molar-refractivity contribution is 5.76. The molecule has 0 aliphatic carbocycles. The smallest absolute Gasteiger partial charge is 0.269 e. The first kappa shape index (κ1) is 12.1. The number of rotatable bonds is 5. The van der Waals surface area contributed by atoms with Crippen LogP contribution in [-0.2, 0) is 11.3 Å². The van der Waals surface area contributed by atoms with E-state index >= 15 is 0 Å². The van der Waals surface area contributed by atoms with Crippen LogP contribution in [-0.4, -0.2) is 17.4 Å². The van der Waals surface area contributed by atoms with Gasteiger partial charge >= 0.3 is 0 Å². The second-order valence-corrected chi connectivity index (χ2v) is 3.24. The summed E-state index contributed by atoms with van der Waals surface area (Å²) in [5.41, 5.74) is 5.93. The fourth-order valence-corrected chi connectivity index (χ4v) is 1.20. The Kier molecular flexibility index (Phi) is 4.41. The highest BCUT2D eigenvalue weighted by atomic mass is 16.6. The third-order valence-corrected chi connectivity index (χ3v) is 1.98. The second-order valence-electron chi connectivity index (χ2n) is 3.24. The predicted molar refractivity (Wildman–Crippen MR) is 58.6 cm³/mol. The van der Waals surface area contributed by atoms with Crippen molar-refractivity contribution in [3.63, 3.8) is 0 Å². The summed E-state index contributed by atoms with van der Waals surface area (Å²) < 4.78 is 0. The van der Waals surface area contributed by atoms with Crippen molar-refractivity contribution in [2.45, 2.75) is 13.0 Å². The van der Waals surface area contributed by atoms with Crippen LogP contribution in [0.3, 0.4) is 0 Å². The molecule has 0 unspecified atom stereocenters. The summed E-state index contributed by atoms with van der Waals surface area (Å²) >= 11 is 0. The van der Waals surface area contributed by atoms with Crippen molar-refractivity contribution in [1.29, 1.82) is 0 Å². The molecule has 0 aliphatic heterocycles. The van der Waals surface area contributed by atoms with Gasteiger partial charge in [0.25, 0.3) is 5.69 Å². The van der Waals surface area contributed by atoms with Gasteiger partial charge in [-0.15, -0.1) is 0 Å². The summed E-state index contributed by atoms with van der Waals surface area (Å²) in [6.07, 6.45) is 0.259. The van der Waals surface area contributed by atoms with Crippen molar-refractivity contribution in [1.82, 2.24) is 5.32 Å². The number of nitrogens with two attached hydrogens (primary N) is 1. The van der Waals surface area contributed by atoms with E-state index in [0.717, 1.165) is 0 Å². The zero-order chi connectivity index (χ0) is 12.0. The summed E-state index contributed by atoms with van der Waals surface area (Å²) in [5, 5.41) is 13.1. The van der Waals surface area contributed by atoms with Crippen LogP contribution in [0.15, 0.2) is 24.3 Å². The van der Waals surface area contributed by atoms with Crippen LogP contribution in [0.5, 0.6) is 0 Å². The van der Waals surface area contributed by atoms with Gasteiger partial charge in [-0.25, -0.2) is 0 Å². The minimum absolute atomic E-state index is 0.0190. The number of nitrogens with one attached hydrogen (secondary N) is 1. The molecule has 0 aromatic heterocycles. The molecule has 0 bridgehead atoms. The van der Waals surface area contributed by atoms with Gasteiger partial charge in [-0.05, 0) is 5.56 Å². The molecule has 1 amide bonds. The number of non-ortho nitro benzene ring substituents is 1. The third-order valence-electron chi connectivity index (χ3n) is 1.98. The van der Waals surface area contributed by atoms with E-state index in [-0.39, 0.29) is 24.6 Å². The Morgan fingerprint density at radius 2 is 2.25 bits per heavy atom. The van der Waals surface area contributed by atoms with Crippen LogP contribution in [0, 0.1) is 10.1 Å². The molecular formula is C10H13N3O3. The number of nitrogens with zero attached hydrogens (tertiary/aromatic N) is 1. The van der Waals surface area contributed by atoms with Crippen LogP contribution >= 0.6 is 0 Å². The van der Waals surface area contributed by atoms with Gasteiger partial charge in [0.2, 0.25) is 5.91 Å². The molecule has 6 nitrogen and oxygen atoms in total. The fourth-order valence-electron chi connectivity index (χ4n) is 1.20. The zero-order valence-electron chi connectivity index (χ0n) is 8.68. The summed E-state index contributed by atoms with van der Waals surface area (Å²) in [7, 11) is 0. The van der Waals surface area contributed by atoms with Crippen molar-refractivity contribution in [3.8, 4) is 0 Å². The summed E-state index contributed by atoms with van der Waals surface area (Å²) in [6.45, 7) is 0.571. The Bertz CT molecular complexity index is 393. The van der Waals surface area contributed by atoms with Gasteiger partial charge in [-0.3, -0.25) is 14.9 Å². The molecule has 0 saturated heterocycles. The van der Waals surface area contributed by atoms with Gasteiger partial charge in [0.05, 0.1) is 4.92 Å². The highest BCUT2D eigenvalue weighted by Crippen LogP contribution is 2.12. The van der Waals surface area contributed by atoms with Crippen molar-refractivity contribution in [3.05, 3.63) is 39.9 Å². The molecule has 0 aliphatic rings. The Hall–Kier alpha value is -1.95. The van der Waals surface area contributed by atoms with E-state index in [1.165, 1.54) is 12.1 Å². The summed E-state index contributed by atoms with van der Waals surface area (Å²) in [6, 6.07) is 6.15. The number of carbonyl (C=O) groups excluding carboxylic acids is 1. The maximum absolute atomic E-state index is 11.1. The average Bonchev–Trinajstić information content (AvgIpc) is 2.27. The van der Waals surface area contributed by atoms with Crippen LogP contribution in [0.1, 0.15) is 12.0 Å². The number of benzene rings is 1. The summed E-state index contributed by atoms with van der Waals surface area (Å²) in [4.78, 5) is 21.1. The first-order valence-corrected chi connectivity index (χ1v) is 4.83. The van der Waals surface area contributed by atoms with E-state index in [0.29, 0.717) is 12.1 Å². The number of carbonyl (C=O) groups is 1. The van der Waals surface area contributed by atoms with E-state index in [4.69, 9.17) is 5.73 Å². The maximum Gasteiger partial charge on any atom is 0.269 e. The molecule has 0 radical (unpaired) electrons. The van der Waals surface area contributed by atoms with E-state index in [1.807, 2.05) is 0 Å². The van der Waals surface area contributed by atoms with E-state index in [2.05, 4.69) is 5.32 Å². The number of hydrogen-bond donors (Lipinski definition) is 2. The van der Waals surface area contributed by atoms with Crippen molar-refractivity contribution in [2.24, 2.45) is 5.73 Å². The normalized spacial score (nSPS) is 9.81. The van der Waals surface area contributed by atoms with Gasteiger partial charge in [0.1, 0.15) is 0 Å². The van der Waals surface area contributed by atoms with Gasteiger partial charge < -0.3 is 11.1 Å². The van der Waals surface area contributed by atoms with Gasteiger partial charge in [-0.1, -0.05) is 12.1 Å². The Morgan fingerprint density at radius 1 is 1.50 bits per heavy atom. The molecule has 6 heteroatoms. The van der Waals surface area contributed by atoms with Gasteiger partial charge in [0, 0.05) is 31.6 Å². The fraction of sp³-hybridized carbons (Fsp3) is 0.300. The number of hydrogen-bond acceptors (Lipinski definition) is 4. The highest BCUT2D eigenvalue weighted by Gasteiger charge is 2.06. The molecule has 16 heavy (non-hydrogen) atoms. The topological polar surface area (TPSA) is 98.3 Å². The lowest BCUT2D eigenvalue weighted by atomic mass is 10.2. The molecule has 1 aromatic rings. The SMILES string of the molecule is NCCC(=O)NCc1cccc([N+](=O)[O-])c1. The lowest BCUT2D eigenvalue weighted by Gasteiger charge is -2.03. The maximum atomic E-state index is 11.1. The van der Waals surface area contributed by atoms with E-state index < -0.39 is 4.92 Å². The molecule has 1 aromatic carbocycles. The molecule has 0 spiro atoms. The third kappa shape index (κ3) is 3.66. The van der Waals surface area contributed by atoms with E-state index in [1.54, 1.807) is 12.1 Å². The van der Waals surface area contributed by atoms with Gasteiger partial charge in [-0.2, -0.15) is 0 Å². The van der Waals surface area contributed by atoms with Crippen molar-refractivity contribution in [2.75, 3.05) is 6.54 Å². The second kappa shape index (κ2) is 5.82. The number of nitro groups is 1. The molecule has 0 saturated carbocycles. The monoisotopic (exact) mass is 223 g/mol. The minimum atomic E-state index is -0.467. The average molecular weight is 223 g/mol.